The van der Waals surface area contributed by atoms with E-state index in [2.05, 4.69) is 36.7 Å². The fraction of sp³-hybridized carbons (Fsp3) is 0.571. The molecule has 1 unspecified atom stereocenters. The van der Waals surface area contributed by atoms with Gasteiger partial charge in [0.25, 0.3) is 0 Å². The minimum absolute atomic E-state index is 0.0702. The van der Waals surface area contributed by atoms with Crippen molar-refractivity contribution in [2.45, 2.75) is 39.7 Å². The van der Waals surface area contributed by atoms with Crippen LogP contribution < -0.4 is 4.74 Å². The lowest BCUT2D eigenvalue weighted by molar-refractivity contribution is 0.0559. The number of hydrogen-bond donors (Lipinski definition) is 1. The van der Waals surface area contributed by atoms with Crippen molar-refractivity contribution in [3.05, 3.63) is 28.2 Å². The van der Waals surface area contributed by atoms with Crippen LogP contribution in [0.2, 0.25) is 0 Å². The molecule has 0 spiro atoms. The van der Waals surface area contributed by atoms with Gasteiger partial charge in [0, 0.05) is 4.47 Å². The molecule has 1 rings (SSSR count). The number of halogens is 1. The van der Waals surface area contributed by atoms with Crippen molar-refractivity contribution >= 4 is 15.9 Å². The predicted octanol–water partition coefficient (Wildman–Crippen LogP) is 3.80. The molecule has 0 heterocycles. The average Bonchev–Trinajstić information content (AvgIpc) is 2.24. The summed E-state index contributed by atoms with van der Waals surface area (Å²) in [4.78, 5) is 0. The molecule has 3 heteroatoms. The van der Waals surface area contributed by atoms with E-state index in [-0.39, 0.29) is 11.5 Å². The molecule has 0 saturated carbocycles. The maximum absolute atomic E-state index is 10.0. The van der Waals surface area contributed by atoms with Gasteiger partial charge in [-0.05, 0) is 42.0 Å². The largest absolute Gasteiger partial charge is 0.496 e. The molecular weight excluding hydrogens is 280 g/mol. The van der Waals surface area contributed by atoms with E-state index in [4.69, 9.17) is 4.74 Å². The Balaban J connectivity index is 2.72. The van der Waals surface area contributed by atoms with Crippen LogP contribution in [0.15, 0.2) is 22.7 Å². The number of methoxy groups -OCH3 is 1. The van der Waals surface area contributed by atoms with Gasteiger partial charge < -0.3 is 9.84 Å². The molecule has 1 N–H and O–H groups in total. The average molecular weight is 301 g/mol. The van der Waals surface area contributed by atoms with Gasteiger partial charge in [0.2, 0.25) is 0 Å². The summed E-state index contributed by atoms with van der Waals surface area (Å²) in [7, 11) is 1.67. The van der Waals surface area contributed by atoms with E-state index in [1.807, 2.05) is 18.2 Å². The van der Waals surface area contributed by atoms with Crippen LogP contribution in [-0.4, -0.2) is 18.3 Å². The summed E-state index contributed by atoms with van der Waals surface area (Å²) >= 11 is 3.45. The summed E-state index contributed by atoms with van der Waals surface area (Å²) < 4.78 is 6.36. The molecule has 0 radical (unpaired) electrons. The van der Waals surface area contributed by atoms with Crippen LogP contribution in [0.25, 0.3) is 0 Å². The molecule has 0 aliphatic carbocycles. The van der Waals surface area contributed by atoms with Gasteiger partial charge in [0.1, 0.15) is 5.75 Å². The fourth-order valence-electron chi connectivity index (χ4n) is 1.67. The molecule has 0 fully saturated rings. The Morgan fingerprint density at radius 1 is 1.35 bits per heavy atom. The lowest BCUT2D eigenvalue weighted by atomic mass is 9.86. The van der Waals surface area contributed by atoms with E-state index in [1.54, 1.807) is 7.11 Å². The van der Waals surface area contributed by atoms with Gasteiger partial charge in [-0.1, -0.05) is 36.7 Å². The zero-order chi connectivity index (χ0) is 13.1. The van der Waals surface area contributed by atoms with E-state index in [0.29, 0.717) is 0 Å². The maximum Gasteiger partial charge on any atom is 0.122 e. The zero-order valence-corrected chi connectivity index (χ0v) is 12.5. The highest BCUT2D eigenvalue weighted by Gasteiger charge is 2.22. The van der Waals surface area contributed by atoms with Gasteiger partial charge in [0.05, 0.1) is 13.2 Å². The molecule has 1 atom stereocenters. The fourth-order valence-corrected chi connectivity index (χ4v) is 2.08. The predicted molar refractivity (Wildman–Crippen MR) is 74.5 cm³/mol. The monoisotopic (exact) mass is 300 g/mol. The summed E-state index contributed by atoms with van der Waals surface area (Å²) in [6.07, 6.45) is 1.27. The highest BCUT2D eigenvalue weighted by atomic mass is 79.9. The van der Waals surface area contributed by atoms with Crippen molar-refractivity contribution in [1.29, 1.82) is 0 Å². The normalized spacial score (nSPS) is 13.5. The number of aryl methyl sites for hydroxylation is 1. The first-order valence-corrected chi connectivity index (χ1v) is 6.64. The van der Waals surface area contributed by atoms with E-state index in [1.165, 1.54) is 0 Å². The molecule has 0 aliphatic heterocycles. The number of hydrogen-bond acceptors (Lipinski definition) is 2. The van der Waals surface area contributed by atoms with Gasteiger partial charge in [0.15, 0.2) is 0 Å². The molecule has 0 amide bonds. The molecular formula is C14H21BrO2. The van der Waals surface area contributed by atoms with Crippen molar-refractivity contribution in [3.8, 4) is 5.75 Å². The second-order valence-corrected chi connectivity index (χ2v) is 6.29. The van der Waals surface area contributed by atoms with Gasteiger partial charge in [-0.15, -0.1) is 0 Å². The first-order valence-electron chi connectivity index (χ1n) is 5.85. The molecule has 1 aromatic carbocycles. The molecule has 1 aromatic rings. The third-order valence-corrected chi connectivity index (χ3v) is 3.42. The minimum Gasteiger partial charge on any atom is -0.496 e. The van der Waals surface area contributed by atoms with Gasteiger partial charge in [-0.2, -0.15) is 0 Å². The summed E-state index contributed by atoms with van der Waals surface area (Å²) in [5.74, 6) is 0.884. The Labute approximate surface area is 112 Å². The Kier molecular flexibility index (Phi) is 5.02. The quantitative estimate of drug-likeness (QED) is 0.916. The number of aliphatic hydroxyl groups excluding tert-OH is 1. The maximum atomic E-state index is 10.0. The first kappa shape index (κ1) is 14.5. The molecule has 0 aromatic heterocycles. The Hall–Kier alpha value is -0.540. The molecule has 0 bridgehead atoms. The SMILES string of the molecule is COc1ccc(Br)cc1CCC(O)C(C)(C)C. The Morgan fingerprint density at radius 2 is 2.00 bits per heavy atom. The van der Waals surface area contributed by atoms with Crippen molar-refractivity contribution in [1.82, 2.24) is 0 Å². The number of aliphatic hydroxyl groups is 1. The summed E-state index contributed by atoms with van der Waals surface area (Å²) in [5.41, 5.74) is 1.06. The van der Waals surface area contributed by atoms with Crippen molar-refractivity contribution in [3.63, 3.8) is 0 Å². The lowest BCUT2D eigenvalue weighted by Gasteiger charge is -2.26. The number of ether oxygens (including phenoxy) is 1. The van der Waals surface area contributed by atoms with Gasteiger partial charge in [-0.3, -0.25) is 0 Å². The second kappa shape index (κ2) is 5.87. The number of benzene rings is 1. The standard InChI is InChI=1S/C14H21BrO2/c1-14(2,3)13(16)8-5-10-9-11(15)6-7-12(10)17-4/h6-7,9,13,16H,5,8H2,1-4H3. The second-order valence-electron chi connectivity index (χ2n) is 5.38. The highest BCUT2D eigenvalue weighted by Crippen LogP contribution is 2.27. The Bertz CT molecular complexity index is 369. The van der Waals surface area contributed by atoms with Gasteiger partial charge >= 0.3 is 0 Å². The summed E-state index contributed by atoms with van der Waals surface area (Å²) in [6.45, 7) is 6.15. The lowest BCUT2D eigenvalue weighted by Crippen LogP contribution is -2.26. The van der Waals surface area contributed by atoms with Crippen LogP contribution in [0, 0.1) is 5.41 Å². The van der Waals surface area contributed by atoms with E-state index in [0.717, 1.165) is 28.6 Å². The molecule has 17 heavy (non-hydrogen) atoms. The molecule has 0 aliphatic rings. The molecule has 0 saturated heterocycles. The van der Waals surface area contributed by atoms with Crippen molar-refractivity contribution < 1.29 is 9.84 Å². The topological polar surface area (TPSA) is 29.5 Å². The smallest absolute Gasteiger partial charge is 0.122 e. The van der Waals surface area contributed by atoms with Crippen LogP contribution in [0.5, 0.6) is 5.75 Å². The summed E-state index contributed by atoms with van der Waals surface area (Å²) in [6, 6.07) is 5.96. The summed E-state index contributed by atoms with van der Waals surface area (Å²) in [5, 5.41) is 10.0. The van der Waals surface area contributed by atoms with E-state index >= 15 is 0 Å². The van der Waals surface area contributed by atoms with E-state index in [9.17, 15) is 5.11 Å². The van der Waals surface area contributed by atoms with Crippen LogP contribution in [0.4, 0.5) is 0 Å². The zero-order valence-electron chi connectivity index (χ0n) is 11.0. The third-order valence-electron chi connectivity index (χ3n) is 2.93. The molecule has 2 nitrogen and oxygen atoms in total. The van der Waals surface area contributed by atoms with Crippen LogP contribution in [0.1, 0.15) is 32.8 Å². The molecule has 96 valence electrons. The minimum atomic E-state index is -0.300. The van der Waals surface area contributed by atoms with Crippen LogP contribution >= 0.6 is 15.9 Å². The van der Waals surface area contributed by atoms with Gasteiger partial charge in [-0.25, -0.2) is 0 Å². The number of rotatable bonds is 4. The van der Waals surface area contributed by atoms with Crippen molar-refractivity contribution in [2.75, 3.05) is 7.11 Å². The van der Waals surface area contributed by atoms with Crippen LogP contribution in [0.3, 0.4) is 0 Å². The Morgan fingerprint density at radius 3 is 2.53 bits per heavy atom. The third kappa shape index (κ3) is 4.32. The van der Waals surface area contributed by atoms with E-state index < -0.39 is 0 Å². The highest BCUT2D eigenvalue weighted by molar-refractivity contribution is 9.10. The van der Waals surface area contributed by atoms with Crippen molar-refractivity contribution in [2.24, 2.45) is 5.41 Å². The van der Waals surface area contributed by atoms with Crippen LogP contribution in [-0.2, 0) is 6.42 Å². The first-order chi connectivity index (χ1) is 7.84.